The van der Waals surface area contributed by atoms with Gasteiger partial charge < -0.3 is 25.4 Å². The molecule has 1 saturated carbocycles. The molecular weight excluding hydrogens is 734 g/mol. The topological polar surface area (TPSA) is 149 Å². The fourth-order valence-electron chi connectivity index (χ4n) is 5.02. The number of rotatable bonds is 11. The monoisotopic (exact) mass is 783 g/mol. The van der Waals surface area contributed by atoms with Crippen LogP contribution in [0.4, 0.5) is 23.1 Å². The van der Waals surface area contributed by atoms with E-state index in [2.05, 4.69) is 70.7 Å². The lowest BCUT2D eigenvalue weighted by Crippen LogP contribution is -2.27. The van der Waals surface area contributed by atoms with Gasteiger partial charge in [-0.3, -0.25) is 9.48 Å². The van der Waals surface area contributed by atoms with E-state index in [9.17, 15) is 13.2 Å². The molecule has 12 nitrogen and oxygen atoms in total. The van der Waals surface area contributed by atoms with E-state index in [0.29, 0.717) is 24.0 Å². The molecule has 2 aromatic heterocycles. The zero-order valence-electron chi connectivity index (χ0n) is 30.0. The van der Waals surface area contributed by atoms with Crippen molar-refractivity contribution in [2.45, 2.75) is 107 Å². The highest BCUT2D eigenvalue weighted by molar-refractivity contribution is 9.10. The summed E-state index contributed by atoms with van der Waals surface area (Å²) in [4.78, 5) is 19.5. The number of methoxy groups -OCH3 is 1. The maximum atomic E-state index is 13.1. The number of halogens is 2. The third-order valence-corrected chi connectivity index (χ3v) is 10.9. The van der Waals surface area contributed by atoms with Gasteiger partial charge in [-0.1, -0.05) is 48.3 Å². The second-order valence-corrected chi connectivity index (χ2v) is 17.1. The van der Waals surface area contributed by atoms with Crippen LogP contribution < -0.4 is 20.7 Å². The first-order valence-corrected chi connectivity index (χ1v) is 19.5. The molecule has 272 valence electrons. The number of alkyl halides is 1. The summed E-state index contributed by atoms with van der Waals surface area (Å²) in [6.07, 6.45) is 8.10. The molecule has 3 heterocycles. The number of hydrogen-bond donors (Lipinski definition) is 3. The Morgan fingerprint density at radius 2 is 1.82 bits per heavy atom. The molecule has 2 fully saturated rings. The van der Waals surface area contributed by atoms with Gasteiger partial charge in [0.15, 0.2) is 5.82 Å². The van der Waals surface area contributed by atoms with Crippen LogP contribution in [0.2, 0.25) is 5.02 Å². The highest BCUT2D eigenvalue weighted by atomic mass is 79.9. The minimum atomic E-state index is -3.64. The number of ether oxygens (including phenoxy) is 2. The van der Waals surface area contributed by atoms with E-state index in [1.807, 2.05) is 20.8 Å². The molecule has 1 saturated heterocycles. The Morgan fingerprint density at radius 3 is 2.37 bits per heavy atom. The number of sulfone groups is 1. The maximum absolute atomic E-state index is 13.1. The van der Waals surface area contributed by atoms with E-state index < -0.39 is 19.4 Å². The van der Waals surface area contributed by atoms with Gasteiger partial charge in [-0.15, -0.1) is 0 Å². The summed E-state index contributed by atoms with van der Waals surface area (Å²) in [5, 5.41) is 13.7. The Morgan fingerprint density at radius 1 is 1.16 bits per heavy atom. The van der Waals surface area contributed by atoms with Crippen LogP contribution in [-0.4, -0.2) is 70.0 Å². The Hall–Kier alpha value is -2.94. The van der Waals surface area contributed by atoms with Crippen LogP contribution in [0.3, 0.4) is 0 Å². The van der Waals surface area contributed by atoms with Crippen molar-refractivity contribution >= 4 is 66.5 Å². The Bertz CT molecular complexity index is 1670. The minimum absolute atomic E-state index is 0.0345. The van der Waals surface area contributed by atoms with Gasteiger partial charge >= 0.3 is 5.97 Å². The first kappa shape index (κ1) is 40.5. The van der Waals surface area contributed by atoms with E-state index in [-0.39, 0.29) is 27.9 Å². The van der Waals surface area contributed by atoms with E-state index >= 15 is 0 Å². The number of nitrogens with one attached hydrogen (secondary N) is 3. The van der Waals surface area contributed by atoms with Gasteiger partial charge in [0, 0.05) is 13.2 Å². The average Bonchev–Trinajstić information content (AvgIpc) is 3.82. The summed E-state index contributed by atoms with van der Waals surface area (Å²) < 4.78 is 37.8. The van der Waals surface area contributed by atoms with Gasteiger partial charge in [-0.05, 0) is 102 Å². The molecule has 1 atom stereocenters. The van der Waals surface area contributed by atoms with Crippen molar-refractivity contribution in [2.75, 3.05) is 30.8 Å². The minimum Gasteiger partial charge on any atom is -0.488 e. The summed E-state index contributed by atoms with van der Waals surface area (Å²) in [5.41, 5.74) is 3.61. The standard InChI is InChI=1S/C27H36ClN7O3S.C5H9BrO2.C2H6/c1-5-17(3)39(36,37)26-23(15-35(4)34-26)31-25-21(28)14-30-27(33-25)32-22-12-16(2)20(18-8-10-29-11-9-18)13-24(22)38-19-6-7-19;1-5(2,6)4(7)8-3;1-2/h12-15,17-19,29H,5-11H2,1-4H3,(H2,30,31,32,33);1-3H3;1-2H3. The third-order valence-electron chi connectivity index (χ3n) is 8.05. The van der Waals surface area contributed by atoms with Crippen LogP contribution in [0, 0.1) is 6.92 Å². The number of nitrogens with zero attached hydrogens (tertiary/aromatic N) is 4. The zero-order chi connectivity index (χ0) is 36.5. The smallest absolute Gasteiger partial charge is 0.322 e. The Labute approximate surface area is 304 Å². The van der Waals surface area contributed by atoms with Gasteiger partial charge in [-0.2, -0.15) is 10.1 Å². The number of esters is 1. The summed E-state index contributed by atoms with van der Waals surface area (Å²) in [6, 6.07) is 4.26. The fraction of sp³-hybridized carbons (Fsp3) is 0.588. The number of aromatic nitrogens is 4. The van der Waals surface area contributed by atoms with Gasteiger partial charge in [-0.25, -0.2) is 13.4 Å². The molecule has 0 amide bonds. The predicted octanol–water partition coefficient (Wildman–Crippen LogP) is 7.60. The lowest BCUT2D eigenvalue weighted by molar-refractivity contribution is -0.142. The van der Waals surface area contributed by atoms with Crippen molar-refractivity contribution in [1.82, 2.24) is 25.1 Å². The zero-order valence-corrected chi connectivity index (χ0v) is 33.1. The first-order chi connectivity index (χ1) is 23.1. The van der Waals surface area contributed by atoms with E-state index in [1.165, 1.54) is 29.1 Å². The van der Waals surface area contributed by atoms with Crippen molar-refractivity contribution in [3.8, 4) is 5.75 Å². The van der Waals surface area contributed by atoms with Crippen molar-refractivity contribution < 1.29 is 22.7 Å². The van der Waals surface area contributed by atoms with Gasteiger partial charge in [0.1, 0.15) is 15.1 Å². The van der Waals surface area contributed by atoms with Crippen LogP contribution >= 0.6 is 27.5 Å². The van der Waals surface area contributed by atoms with Gasteiger partial charge in [0.05, 0.1) is 36.0 Å². The number of carbonyl (C=O) groups excluding carboxylic acids is 1. The van der Waals surface area contributed by atoms with Gasteiger partial charge in [0.25, 0.3) is 0 Å². The molecule has 15 heteroatoms. The quantitative estimate of drug-likeness (QED) is 0.130. The van der Waals surface area contributed by atoms with Crippen molar-refractivity contribution in [2.24, 2.45) is 7.05 Å². The lowest BCUT2D eigenvalue weighted by atomic mass is 9.87. The molecule has 3 aromatic rings. The molecule has 1 unspecified atom stereocenters. The molecule has 49 heavy (non-hydrogen) atoms. The molecule has 1 aliphatic heterocycles. The molecule has 2 aliphatic rings. The van der Waals surface area contributed by atoms with Crippen LogP contribution in [0.25, 0.3) is 0 Å². The Kier molecular flexibility index (Phi) is 14.7. The number of hydrogen-bond acceptors (Lipinski definition) is 11. The Balaban J connectivity index is 0.000000573. The second-order valence-electron chi connectivity index (χ2n) is 12.4. The molecule has 0 radical (unpaired) electrons. The summed E-state index contributed by atoms with van der Waals surface area (Å²) in [7, 11) is -0.597. The highest BCUT2D eigenvalue weighted by Crippen LogP contribution is 2.39. The molecule has 1 aliphatic carbocycles. The largest absolute Gasteiger partial charge is 0.488 e. The second kappa shape index (κ2) is 17.8. The normalized spacial score (nSPS) is 15.6. The molecule has 0 bridgehead atoms. The average molecular weight is 785 g/mol. The first-order valence-electron chi connectivity index (χ1n) is 16.8. The van der Waals surface area contributed by atoms with Crippen molar-refractivity contribution in [3.63, 3.8) is 0 Å². The number of benzene rings is 1. The number of anilines is 4. The summed E-state index contributed by atoms with van der Waals surface area (Å²) >= 11 is 9.56. The number of carbonyl (C=O) groups is 1. The van der Waals surface area contributed by atoms with Gasteiger partial charge in [0.2, 0.25) is 20.8 Å². The SMILES string of the molecule is CC.CCC(C)S(=O)(=O)c1nn(C)cc1Nc1nc(Nc2cc(C)c(C3CCNCC3)cc2OC2CC2)ncc1Cl.COC(=O)C(C)(C)Br. The summed E-state index contributed by atoms with van der Waals surface area (Å²) in [5.74, 6) is 1.63. The van der Waals surface area contributed by atoms with Crippen LogP contribution in [0.5, 0.6) is 5.75 Å². The van der Waals surface area contributed by atoms with Crippen molar-refractivity contribution in [3.05, 3.63) is 40.7 Å². The van der Waals surface area contributed by atoms with Crippen LogP contribution in [0.1, 0.15) is 90.7 Å². The van der Waals surface area contributed by atoms with Crippen LogP contribution in [0.15, 0.2) is 29.6 Å². The molecule has 1 aromatic carbocycles. The van der Waals surface area contributed by atoms with E-state index in [0.717, 1.165) is 50.2 Å². The maximum Gasteiger partial charge on any atom is 0.322 e. The highest BCUT2D eigenvalue weighted by Gasteiger charge is 2.30. The molecular formula is C34H51BrClN7O5S. The molecule has 5 rings (SSSR count). The summed E-state index contributed by atoms with van der Waals surface area (Å²) in [6.45, 7) is 15.1. The molecule has 0 spiro atoms. The van der Waals surface area contributed by atoms with E-state index in [4.69, 9.17) is 16.3 Å². The lowest BCUT2D eigenvalue weighted by Gasteiger charge is -2.26. The van der Waals surface area contributed by atoms with E-state index in [1.54, 1.807) is 34.0 Å². The fourth-order valence-corrected chi connectivity index (χ4v) is 6.79. The third kappa shape index (κ3) is 11.0. The van der Waals surface area contributed by atoms with Crippen molar-refractivity contribution in [1.29, 1.82) is 0 Å². The number of aryl methyl sites for hydroxylation is 2. The predicted molar refractivity (Wildman–Crippen MR) is 200 cm³/mol. The number of piperidine rings is 1. The van der Waals surface area contributed by atoms with Crippen LogP contribution in [-0.2, 0) is 26.4 Å². The molecule has 3 N–H and O–H groups in total.